The number of amides is 1. The molecule has 1 saturated heterocycles. The molecule has 2 aromatic rings. The lowest BCUT2D eigenvalue weighted by atomic mass is 10.0. The van der Waals surface area contributed by atoms with Crippen LogP contribution in [0.2, 0.25) is 5.02 Å². The zero-order valence-electron chi connectivity index (χ0n) is 15.4. The fourth-order valence-electron chi connectivity index (χ4n) is 3.16. The van der Waals surface area contributed by atoms with Gasteiger partial charge in [0.15, 0.2) is 0 Å². The van der Waals surface area contributed by atoms with E-state index in [0.717, 1.165) is 11.3 Å². The minimum Gasteiger partial charge on any atom is -0.493 e. The maximum atomic E-state index is 12.3. The molecule has 0 saturated carbocycles. The molecule has 0 spiro atoms. The summed E-state index contributed by atoms with van der Waals surface area (Å²) in [5, 5.41) is 0.645. The number of carbonyl (C=O) groups excluding carboxylic acids is 2. The van der Waals surface area contributed by atoms with E-state index in [0.29, 0.717) is 30.3 Å². The van der Waals surface area contributed by atoms with Crippen molar-refractivity contribution in [3.05, 3.63) is 59.1 Å². The number of anilines is 1. The first-order valence-corrected chi connectivity index (χ1v) is 9.22. The Bertz CT molecular complexity index is 821. The van der Waals surface area contributed by atoms with Crippen molar-refractivity contribution in [3.8, 4) is 5.75 Å². The largest absolute Gasteiger partial charge is 0.493 e. The van der Waals surface area contributed by atoms with Crippen LogP contribution in [0.5, 0.6) is 5.75 Å². The molecule has 1 aliphatic heterocycles. The number of hydrogen-bond donors (Lipinski definition) is 0. The zero-order chi connectivity index (χ0) is 19.4. The molecule has 2 aromatic carbocycles. The average molecular weight is 388 g/mol. The zero-order valence-corrected chi connectivity index (χ0v) is 16.1. The summed E-state index contributed by atoms with van der Waals surface area (Å²) in [6.07, 6.45) is 0.445. The molecule has 2 unspecified atom stereocenters. The van der Waals surface area contributed by atoms with Crippen molar-refractivity contribution in [2.75, 3.05) is 25.2 Å². The third kappa shape index (κ3) is 4.61. The maximum Gasteiger partial charge on any atom is 0.312 e. The summed E-state index contributed by atoms with van der Waals surface area (Å²) in [5.74, 6) is 0.230. The summed E-state index contributed by atoms with van der Waals surface area (Å²) in [6.45, 7) is 2.84. The van der Waals surface area contributed by atoms with Crippen LogP contribution in [0.4, 0.5) is 5.69 Å². The average Bonchev–Trinajstić information content (AvgIpc) is 3.06. The number of halogens is 1. The number of ether oxygens (including phenoxy) is 2. The lowest BCUT2D eigenvalue weighted by molar-refractivity contribution is -0.142. The molecule has 0 aromatic heterocycles. The van der Waals surface area contributed by atoms with Gasteiger partial charge < -0.3 is 14.4 Å². The molecule has 1 heterocycles. The summed E-state index contributed by atoms with van der Waals surface area (Å²) >= 11 is 5.91. The number of esters is 1. The van der Waals surface area contributed by atoms with Crippen molar-refractivity contribution in [1.29, 1.82) is 0 Å². The summed E-state index contributed by atoms with van der Waals surface area (Å²) in [4.78, 5) is 25.8. The summed E-state index contributed by atoms with van der Waals surface area (Å²) < 4.78 is 10.7. The van der Waals surface area contributed by atoms with E-state index in [-0.39, 0.29) is 23.7 Å². The molecule has 27 heavy (non-hydrogen) atoms. The van der Waals surface area contributed by atoms with Gasteiger partial charge in [-0.25, -0.2) is 0 Å². The fourth-order valence-corrected chi connectivity index (χ4v) is 3.29. The molecule has 0 aliphatic carbocycles. The van der Waals surface area contributed by atoms with Gasteiger partial charge >= 0.3 is 5.97 Å². The Labute approximate surface area is 163 Å². The van der Waals surface area contributed by atoms with Gasteiger partial charge in [-0.2, -0.15) is 0 Å². The van der Waals surface area contributed by atoms with Gasteiger partial charge in [-0.05, 0) is 48.9 Å². The van der Waals surface area contributed by atoms with Gasteiger partial charge in [0, 0.05) is 29.6 Å². The van der Waals surface area contributed by atoms with Crippen LogP contribution in [-0.4, -0.2) is 32.1 Å². The van der Waals surface area contributed by atoms with Crippen molar-refractivity contribution in [3.63, 3.8) is 0 Å². The molecule has 1 aliphatic rings. The van der Waals surface area contributed by atoms with Crippen molar-refractivity contribution in [2.24, 2.45) is 5.92 Å². The second-order valence-electron chi connectivity index (χ2n) is 6.68. The Kier molecular flexibility index (Phi) is 6.01. The molecular weight excluding hydrogens is 366 g/mol. The summed E-state index contributed by atoms with van der Waals surface area (Å²) in [5.41, 5.74) is 1.69. The Morgan fingerprint density at radius 3 is 2.70 bits per heavy atom. The van der Waals surface area contributed by atoms with Crippen molar-refractivity contribution in [1.82, 2.24) is 0 Å². The molecule has 3 rings (SSSR count). The molecule has 2 atom stereocenters. The van der Waals surface area contributed by atoms with E-state index in [1.807, 2.05) is 36.4 Å². The number of hydrogen-bond acceptors (Lipinski definition) is 4. The summed E-state index contributed by atoms with van der Waals surface area (Å²) in [6, 6.07) is 14.7. The van der Waals surface area contributed by atoms with E-state index >= 15 is 0 Å². The predicted octanol–water partition coefficient (Wildman–Crippen LogP) is 4.05. The monoisotopic (exact) mass is 387 g/mol. The lowest BCUT2D eigenvalue weighted by Gasteiger charge is -2.17. The highest BCUT2D eigenvalue weighted by Gasteiger charge is 2.31. The number of nitrogens with zero attached hydrogens (tertiary/aromatic N) is 1. The van der Waals surface area contributed by atoms with Gasteiger partial charge in [0.05, 0.1) is 19.6 Å². The second-order valence-corrected chi connectivity index (χ2v) is 7.12. The Morgan fingerprint density at radius 1 is 1.26 bits per heavy atom. The van der Waals surface area contributed by atoms with E-state index in [9.17, 15) is 9.59 Å². The Morgan fingerprint density at radius 2 is 2.00 bits per heavy atom. The predicted molar refractivity (Wildman–Crippen MR) is 104 cm³/mol. The van der Waals surface area contributed by atoms with Crippen LogP contribution in [0.15, 0.2) is 48.5 Å². The van der Waals surface area contributed by atoms with Crippen LogP contribution in [-0.2, 0) is 14.3 Å². The number of carbonyl (C=O) groups is 2. The third-order valence-electron chi connectivity index (χ3n) is 4.74. The van der Waals surface area contributed by atoms with E-state index < -0.39 is 0 Å². The quantitative estimate of drug-likeness (QED) is 0.702. The van der Waals surface area contributed by atoms with Gasteiger partial charge in [0.2, 0.25) is 5.91 Å². The minimum absolute atomic E-state index is 0.0824. The molecule has 1 fully saturated rings. The van der Waals surface area contributed by atoms with Crippen molar-refractivity contribution >= 4 is 29.2 Å². The SMILES string of the molecule is COC(=O)C(C)c1cccc(OCC2CC(=O)N(c3ccc(Cl)cc3)C2)c1. The van der Waals surface area contributed by atoms with Crippen LogP contribution in [0.1, 0.15) is 24.8 Å². The third-order valence-corrected chi connectivity index (χ3v) is 4.99. The highest BCUT2D eigenvalue weighted by molar-refractivity contribution is 6.30. The van der Waals surface area contributed by atoms with E-state index in [1.54, 1.807) is 24.0 Å². The van der Waals surface area contributed by atoms with Gasteiger partial charge in [-0.1, -0.05) is 23.7 Å². The van der Waals surface area contributed by atoms with E-state index in [1.165, 1.54) is 7.11 Å². The molecular formula is C21H22ClNO4. The van der Waals surface area contributed by atoms with Gasteiger partial charge in [0.1, 0.15) is 5.75 Å². The van der Waals surface area contributed by atoms with Crippen LogP contribution < -0.4 is 9.64 Å². The number of rotatable bonds is 6. The fraction of sp³-hybridized carbons (Fsp3) is 0.333. The maximum absolute atomic E-state index is 12.3. The number of methoxy groups -OCH3 is 1. The topological polar surface area (TPSA) is 55.8 Å². The molecule has 0 N–H and O–H groups in total. The van der Waals surface area contributed by atoms with Gasteiger partial charge in [0.25, 0.3) is 0 Å². The molecule has 5 nitrogen and oxygen atoms in total. The second kappa shape index (κ2) is 8.44. The first-order chi connectivity index (χ1) is 13.0. The smallest absolute Gasteiger partial charge is 0.312 e. The van der Waals surface area contributed by atoms with Crippen LogP contribution in [0.25, 0.3) is 0 Å². The highest BCUT2D eigenvalue weighted by Crippen LogP contribution is 2.27. The number of benzene rings is 2. The van der Waals surface area contributed by atoms with Gasteiger partial charge in [-0.15, -0.1) is 0 Å². The van der Waals surface area contributed by atoms with Crippen LogP contribution >= 0.6 is 11.6 Å². The minimum atomic E-state index is -0.355. The molecule has 1 amide bonds. The standard InChI is InChI=1S/C21H22ClNO4/c1-14(21(25)26-2)16-4-3-5-19(11-16)27-13-15-10-20(24)23(12-15)18-8-6-17(22)7-9-18/h3-9,11,14-15H,10,12-13H2,1-2H3. The molecule has 142 valence electrons. The highest BCUT2D eigenvalue weighted by atomic mass is 35.5. The molecule has 0 radical (unpaired) electrons. The summed E-state index contributed by atoms with van der Waals surface area (Å²) in [7, 11) is 1.38. The normalized spacial score (nSPS) is 17.7. The Hall–Kier alpha value is -2.53. The molecule has 0 bridgehead atoms. The lowest BCUT2D eigenvalue weighted by Crippen LogP contribution is -2.25. The van der Waals surface area contributed by atoms with Crippen LogP contribution in [0.3, 0.4) is 0 Å². The van der Waals surface area contributed by atoms with Crippen molar-refractivity contribution < 1.29 is 19.1 Å². The first kappa shape index (κ1) is 19.2. The van der Waals surface area contributed by atoms with Gasteiger partial charge in [-0.3, -0.25) is 9.59 Å². The molecule has 6 heteroatoms. The van der Waals surface area contributed by atoms with Crippen LogP contribution in [0, 0.1) is 5.92 Å². The van der Waals surface area contributed by atoms with Crippen molar-refractivity contribution in [2.45, 2.75) is 19.3 Å². The first-order valence-electron chi connectivity index (χ1n) is 8.84. The Balaban J connectivity index is 1.60. The van der Waals surface area contributed by atoms with E-state index in [2.05, 4.69) is 0 Å². The van der Waals surface area contributed by atoms with E-state index in [4.69, 9.17) is 21.1 Å².